The molecule has 3 nitrogen and oxygen atoms in total. The summed E-state index contributed by atoms with van der Waals surface area (Å²) in [5.41, 5.74) is 0. The smallest absolute Gasteiger partial charge is 0.117 e. The molecule has 2 saturated heterocycles. The minimum Gasteiger partial charge on any atom is -0.468 e. The highest BCUT2D eigenvalue weighted by atomic mass is 16.3. The summed E-state index contributed by atoms with van der Waals surface area (Å²) in [7, 11) is 0. The van der Waals surface area contributed by atoms with Crippen LogP contribution in [0.5, 0.6) is 0 Å². The van der Waals surface area contributed by atoms with Gasteiger partial charge in [-0.3, -0.25) is 4.90 Å². The Labute approximate surface area is 90.4 Å². The summed E-state index contributed by atoms with van der Waals surface area (Å²) in [5, 5.41) is 3.62. The quantitative estimate of drug-likeness (QED) is 0.794. The van der Waals surface area contributed by atoms with Crippen molar-refractivity contribution >= 4 is 0 Å². The van der Waals surface area contributed by atoms with Crippen LogP contribution in [0.15, 0.2) is 22.8 Å². The van der Waals surface area contributed by atoms with Crippen molar-refractivity contribution in [2.24, 2.45) is 5.92 Å². The first-order chi connectivity index (χ1) is 7.42. The summed E-state index contributed by atoms with van der Waals surface area (Å²) in [6, 6.07) is 4.76. The third kappa shape index (κ3) is 1.94. The third-order valence-corrected chi connectivity index (χ3v) is 3.63. The van der Waals surface area contributed by atoms with Crippen LogP contribution >= 0.6 is 0 Å². The summed E-state index contributed by atoms with van der Waals surface area (Å²) in [5.74, 6) is 1.96. The van der Waals surface area contributed by atoms with E-state index < -0.39 is 0 Å². The van der Waals surface area contributed by atoms with E-state index in [2.05, 4.69) is 16.3 Å². The molecule has 1 aromatic heterocycles. The van der Waals surface area contributed by atoms with Gasteiger partial charge in [-0.25, -0.2) is 0 Å². The molecule has 2 aliphatic rings. The maximum absolute atomic E-state index is 5.39. The predicted octanol–water partition coefficient (Wildman–Crippen LogP) is 1.46. The largest absolute Gasteiger partial charge is 0.468 e. The van der Waals surface area contributed by atoms with E-state index >= 15 is 0 Å². The zero-order chi connectivity index (χ0) is 10.1. The molecule has 82 valence electrons. The zero-order valence-electron chi connectivity index (χ0n) is 8.98. The summed E-state index contributed by atoms with van der Waals surface area (Å²) >= 11 is 0. The molecule has 3 rings (SSSR count). The average Bonchev–Trinajstić information content (AvgIpc) is 2.86. The highest BCUT2D eigenvalue weighted by Gasteiger charge is 2.34. The lowest BCUT2D eigenvalue weighted by atomic mass is 9.94. The normalized spacial score (nSPS) is 31.7. The first-order valence-corrected chi connectivity index (χ1v) is 5.90. The van der Waals surface area contributed by atoms with Crippen molar-refractivity contribution in [1.82, 2.24) is 10.2 Å². The summed E-state index contributed by atoms with van der Waals surface area (Å²) in [6.07, 6.45) is 4.50. The number of fused-ring (bicyclic) bond motifs is 1. The SMILES string of the molecule is c1coc(CN2CC3CCCNC3C2)c1. The number of nitrogens with one attached hydrogen (secondary N) is 1. The molecule has 0 spiro atoms. The summed E-state index contributed by atoms with van der Waals surface area (Å²) < 4.78 is 5.39. The number of piperidine rings is 1. The van der Waals surface area contributed by atoms with E-state index in [0.717, 1.165) is 24.3 Å². The number of likely N-dealkylation sites (tertiary alicyclic amines) is 1. The van der Waals surface area contributed by atoms with Gasteiger partial charge in [0.1, 0.15) is 5.76 Å². The molecular weight excluding hydrogens is 188 g/mol. The van der Waals surface area contributed by atoms with Gasteiger partial charge in [0.2, 0.25) is 0 Å². The number of furan rings is 1. The fraction of sp³-hybridized carbons (Fsp3) is 0.667. The number of hydrogen-bond acceptors (Lipinski definition) is 3. The molecule has 15 heavy (non-hydrogen) atoms. The number of hydrogen-bond donors (Lipinski definition) is 1. The molecule has 0 aliphatic carbocycles. The van der Waals surface area contributed by atoms with E-state index in [0.29, 0.717) is 0 Å². The van der Waals surface area contributed by atoms with Gasteiger partial charge in [-0.15, -0.1) is 0 Å². The van der Waals surface area contributed by atoms with Crippen LogP contribution in [0.25, 0.3) is 0 Å². The summed E-state index contributed by atoms with van der Waals surface area (Å²) in [4.78, 5) is 2.51. The Bertz CT molecular complexity index is 295. The second kappa shape index (κ2) is 3.99. The molecule has 2 atom stereocenters. The first-order valence-electron chi connectivity index (χ1n) is 5.90. The fourth-order valence-electron chi connectivity index (χ4n) is 2.89. The van der Waals surface area contributed by atoms with E-state index in [9.17, 15) is 0 Å². The van der Waals surface area contributed by atoms with E-state index in [1.54, 1.807) is 6.26 Å². The maximum atomic E-state index is 5.39. The lowest BCUT2D eigenvalue weighted by Crippen LogP contribution is -2.40. The van der Waals surface area contributed by atoms with Crippen molar-refractivity contribution in [3.05, 3.63) is 24.2 Å². The van der Waals surface area contributed by atoms with Gasteiger partial charge in [0.05, 0.1) is 12.8 Å². The standard InChI is InChI=1S/C12H18N2O/c1-3-10-7-14(9-12(10)13-5-1)8-11-4-2-6-15-11/h2,4,6,10,12-13H,1,3,5,7-9H2. The zero-order valence-corrected chi connectivity index (χ0v) is 8.98. The monoisotopic (exact) mass is 206 g/mol. The molecule has 2 fully saturated rings. The fourth-order valence-corrected chi connectivity index (χ4v) is 2.89. The van der Waals surface area contributed by atoms with Gasteiger partial charge in [0.15, 0.2) is 0 Å². The van der Waals surface area contributed by atoms with Gasteiger partial charge in [-0.05, 0) is 37.4 Å². The topological polar surface area (TPSA) is 28.4 Å². The molecular formula is C12H18N2O. The van der Waals surface area contributed by atoms with Crippen LogP contribution in [0.3, 0.4) is 0 Å². The lowest BCUT2D eigenvalue weighted by molar-refractivity contribution is 0.284. The van der Waals surface area contributed by atoms with Gasteiger partial charge in [0, 0.05) is 19.1 Å². The van der Waals surface area contributed by atoms with Crippen LogP contribution in [-0.4, -0.2) is 30.6 Å². The molecule has 0 amide bonds. The van der Waals surface area contributed by atoms with E-state index in [-0.39, 0.29) is 0 Å². The van der Waals surface area contributed by atoms with Crippen LogP contribution in [-0.2, 0) is 6.54 Å². The molecule has 0 radical (unpaired) electrons. The Morgan fingerprint density at radius 3 is 3.27 bits per heavy atom. The van der Waals surface area contributed by atoms with Gasteiger partial charge in [-0.1, -0.05) is 0 Å². The summed E-state index contributed by atoms with van der Waals surface area (Å²) in [6.45, 7) is 4.60. The van der Waals surface area contributed by atoms with Crippen molar-refractivity contribution in [2.75, 3.05) is 19.6 Å². The maximum Gasteiger partial charge on any atom is 0.117 e. The minimum absolute atomic E-state index is 0.730. The molecule has 3 heteroatoms. The Morgan fingerprint density at radius 2 is 2.47 bits per heavy atom. The van der Waals surface area contributed by atoms with Crippen molar-refractivity contribution < 1.29 is 4.42 Å². The van der Waals surface area contributed by atoms with E-state index in [4.69, 9.17) is 4.42 Å². The van der Waals surface area contributed by atoms with Crippen molar-refractivity contribution in [2.45, 2.75) is 25.4 Å². The van der Waals surface area contributed by atoms with Crippen molar-refractivity contribution in [1.29, 1.82) is 0 Å². The highest BCUT2D eigenvalue weighted by Crippen LogP contribution is 2.25. The second-order valence-electron chi connectivity index (χ2n) is 4.74. The molecule has 3 heterocycles. The predicted molar refractivity (Wildman–Crippen MR) is 58.5 cm³/mol. The molecule has 2 unspecified atom stereocenters. The molecule has 0 aromatic carbocycles. The molecule has 0 bridgehead atoms. The van der Waals surface area contributed by atoms with Crippen LogP contribution in [0.1, 0.15) is 18.6 Å². The van der Waals surface area contributed by atoms with E-state index in [1.807, 2.05) is 6.07 Å². The highest BCUT2D eigenvalue weighted by molar-refractivity contribution is 5.00. The van der Waals surface area contributed by atoms with Crippen molar-refractivity contribution in [3.63, 3.8) is 0 Å². The van der Waals surface area contributed by atoms with E-state index in [1.165, 1.54) is 32.5 Å². The van der Waals surface area contributed by atoms with Gasteiger partial charge >= 0.3 is 0 Å². The van der Waals surface area contributed by atoms with Crippen molar-refractivity contribution in [3.8, 4) is 0 Å². The Kier molecular flexibility index (Phi) is 2.51. The Morgan fingerprint density at radius 1 is 1.47 bits per heavy atom. The number of nitrogens with zero attached hydrogens (tertiary/aromatic N) is 1. The molecule has 2 aliphatic heterocycles. The number of rotatable bonds is 2. The second-order valence-corrected chi connectivity index (χ2v) is 4.74. The molecule has 1 N–H and O–H groups in total. The Balaban J connectivity index is 1.60. The molecule has 0 saturated carbocycles. The Hall–Kier alpha value is -0.800. The van der Waals surface area contributed by atoms with Gasteiger partial charge in [-0.2, -0.15) is 0 Å². The van der Waals surface area contributed by atoms with Gasteiger partial charge < -0.3 is 9.73 Å². The minimum atomic E-state index is 0.730. The lowest BCUT2D eigenvalue weighted by Gasteiger charge is -2.24. The first kappa shape index (κ1) is 9.43. The van der Waals surface area contributed by atoms with Crippen LogP contribution in [0, 0.1) is 5.92 Å². The van der Waals surface area contributed by atoms with Crippen LogP contribution in [0.2, 0.25) is 0 Å². The van der Waals surface area contributed by atoms with Crippen LogP contribution in [0.4, 0.5) is 0 Å². The third-order valence-electron chi connectivity index (χ3n) is 3.63. The average molecular weight is 206 g/mol. The molecule has 1 aromatic rings. The van der Waals surface area contributed by atoms with Crippen LogP contribution < -0.4 is 5.32 Å². The van der Waals surface area contributed by atoms with Gasteiger partial charge in [0.25, 0.3) is 0 Å².